The van der Waals surface area contributed by atoms with E-state index in [1.165, 1.54) is 17.7 Å². The third-order valence-corrected chi connectivity index (χ3v) is 3.90. The van der Waals surface area contributed by atoms with Crippen molar-refractivity contribution in [3.05, 3.63) is 69.8 Å². The van der Waals surface area contributed by atoms with Gasteiger partial charge in [0.05, 0.1) is 22.2 Å². The molecule has 2 aromatic rings. The van der Waals surface area contributed by atoms with Crippen molar-refractivity contribution in [1.82, 2.24) is 0 Å². The van der Waals surface area contributed by atoms with E-state index in [9.17, 15) is 15.4 Å². The van der Waals surface area contributed by atoms with Crippen LogP contribution >= 0.6 is 0 Å². The highest BCUT2D eigenvalue weighted by Gasteiger charge is 2.32. The molecule has 0 spiro atoms. The number of nitrogens with one attached hydrogen (secondary N) is 1. The molecule has 0 aliphatic heterocycles. The van der Waals surface area contributed by atoms with E-state index >= 15 is 0 Å². The van der Waals surface area contributed by atoms with Crippen molar-refractivity contribution in [3.8, 4) is 6.07 Å². The van der Waals surface area contributed by atoms with Gasteiger partial charge in [-0.1, -0.05) is 30.3 Å². The van der Waals surface area contributed by atoms with Crippen LogP contribution in [0.25, 0.3) is 0 Å². The first-order valence-electron chi connectivity index (χ1n) is 7.19. The number of nitro benzene ring substituents is 1. The van der Waals surface area contributed by atoms with Crippen LogP contribution in [0.5, 0.6) is 0 Å². The van der Waals surface area contributed by atoms with Gasteiger partial charge in [-0.05, 0) is 30.4 Å². The summed E-state index contributed by atoms with van der Waals surface area (Å²) >= 11 is 0. The summed E-state index contributed by atoms with van der Waals surface area (Å²) in [6, 6.07) is 16.6. The second kappa shape index (κ2) is 5.86. The van der Waals surface area contributed by atoms with Crippen LogP contribution in [0.15, 0.2) is 48.5 Å². The quantitative estimate of drug-likeness (QED) is 0.666. The van der Waals surface area contributed by atoms with E-state index in [0.717, 1.165) is 12.8 Å². The molecule has 0 radical (unpaired) electrons. The number of nitro groups is 1. The van der Waals surface area contributed by atoms with Gasteiger partial charge in [0.15, 0.2) is 0 Å². The topological polar surface area (TPSA) is 79.0 Å². The zero-order chi connectivity index (χ0) is 15.5. The molecular weight excluding hydrogens is 278 g/mol. The molecule has 1 N–H and O–H groups in total. The minimum atomic E-state index is -0.486. The fourth-order valence-corrected chi connectivity index (χ4v) is 2.59. The Morgan fingerprint density at radius 3 is 2.55 bits per heavy atom. The van der Waals surface area contributed by atoms with Gasteiger partial charge >= 0.3 is 0 Å². The van der Waals surface area contributed by atoms with Crippen molar-refractivity contribution in [2.75, 3.05) is 5.32 Å². The lowest BCUT2D eigenvalue weighted by Crippen LogP contribution is -2.13. The molecule has 0 aromatic heterocycles. The minimum absolute atomic E-state index is 0.0650. The number of nitrogens with zero attached hydrogens (tertiary/aromatic N) is 2. The van der Waals surface area contributed by atoms with Crippen LogP contribution in [0.4, 0.5) is 11.4 Å². The largest absolute Gasteiger partial charge is 0.377 e. The Morgan fingerprint density at radius 2 is 1.95 bits per heavy atom. The van der Waals surface area contributed by atoms with Crippen LogP contribution in [0, 0.1) is 27.4 Å². The molecule has 3 rings (SSSR count). The predicted molar refractivity (Wildman–Crippen MR) is 83.3 cm³/mol. The highest BCUT2D eigenvalue weighted by molar-refractivity contribution is 5.62. The second-order valence-corrected chi connectivity index (χ2v) is 5.47. The first-order valence-corrected chi connectivity index (χ1v) is 7.19. The first-order chi connectivity index (χ1) is 10.7. The molecule has 1 fully saturated rings. The molecule has 5 heteroatoms. The summed E-state index contributed by atoms with van der Waals surface area (Å²) in [7, 11) is 0. The predicted octanol–water partition coefficient (Wildman–Crippen LogP) is 4.03. The van der Waals surface area contributed by atoms with E-state index < -0.39 is 4.92 Å². The fraction of sp³-hybridized carbons (Fsp3) is 0.235. The summed E-state index contributed by atoms with van der Waals surface area (Å²) in [4.78, 5) is 10.3. The molecular formula is C17H15N3O2. The Bertz CT molecular complexity index is 733. The molecule has 1 saturated carbocycles. The third kappa shape index (κ3) is 2.91. The van der Waals surface area contributed by atoms with Gasteiger partial charge in [0.25, 0.3) is 5.69 Å². The minimum Gasteiger partial charge on any atom is -0.377 e. The molecule has 1 atom stereocenters. The van der Waals surface area contributed by atoms with Crippen molar-refractivity contribution >= 4 is 11.4 Å². The SMILES string of the molecule is N#Cc1cc([N+](=O)[O-])ccc1NC(c1ccccc1)C1CC1. The standard InChI is InChI=1S/C17H15N3O2/c18-11-14-10-15(20(21)22)8-9-16(14)19-17(13-6-7-13)12-4-2-1-3-5-12/h1-5,8-10,13,17,19H,6-7H2. The Kier molecular flexibility index (Phi) is 3.75. The fourth-order valence-electron chi connectivity index (χ4n) is 2.59. The van der Waals surface area contributed by atoms with Gasteiger partial charge in [0.1, 0.15) is 6.07 Å². The number of benzene rings is 2. The zero-order valence-electron chi connectivity index (χ0n) is 11.9. The molecule has 1 unspecified atom stereocenters. The monoisotopic (exact) mass is 293 g/mol. The van der Waals surface area contributed by atoms with Crippen molar-refractivity contribution in [1.29, 1.82) is 5.26 Å². The molecule has 0 saturated heterocycles. The highest BCUT2D eigenvalue weighted by atomic mass is 16.6. The summed E-state index contributed by atoms with van der Waals surface area (Å²) in [6.07, 6.45) is 2.31. The van der Waals surface area contributed by atoms with Crippen molar-refractivity contribution in [2.24, 2.45) is 5.92 Å². The molecule has 0 heterocycles. The zero-order valence-corrected chi connectivity index (χ0v) is 11.9. The van der Waals surface area contributed by atoms with E-state index in [-0.39, 0.29) is 11.7 Å². The highest BCUT2D eigenvalue weighted by Crippen LogP contribution is 2.43. The van der Waals surface area contributed by atoms with Crippen LogP contribution < -0.4 is 5.32 Å². The Labute approximate surface area is 128 Å². The molecule has 1 aliphatic carbocycles. The summed E-state index contributed by atoms with van der Waals surface area (Å²) in [6.45, 7) is 0. The van der Waals surface area contributed by atoms with Crippen LogP contribution in [0.3, 0.4) is 0 Å². The maximum Gasteiger partial charge on any atom is 0.270 e. The number of hydrogen-bond acceptors (Lipinski definition) is 4. The molecule has 0 amide bonds. The van der Waals surface area contributed by atoms with E-state index in [2.05, 4.69) is 17.4 Å². The number of rotatable bonds is 5. The smallest absolute Gasteiger partial charge is 0.270 e. The Morgan fingerprint density at radius 1 is 1.23 bits per heavy atom. The van der Waals surface area contributed by atoms with Gasteiger partial charge in [-0.15, -0.1) is 0 Å². The number of nitriles is 1. The number of hydrogen-bond donors (Lipinski definition) is 1. The van der Waals surface area contributed by atoms with Gasteiger partial charge < -0.3 is 5.32 Å². The number of anilines is 1. The van der Waals surface area contributed by atoms with Crippen molar-refractivity contribution in [3.63, 3.8) is 0 Å². The normalized spacial score (nSPS) is 14.9. The molecule has 0 bridgehead atoms. The van der Waals surface area contributed by atoms with E-state index in [4.69, 9.17) is 0 Å². The maximum absolute atomic E-state index is 10.8. The Balaban J connectivity index is 1.91. The van der Waals surface area contributed by atoms with Gasteiger partial charge in [-0.3, -0.25) is 10.1 Å². The molecule has 1 aliphatic rings. The van der Waals surface area contributed by atoms with Gasteiger partial charge in [0.2, 0.25) is 0 Å². The van der Waals surface area contributed by atoms with Crippen LogP contribution in [-0.2, 0) is 0 Å². The second-order valence-electron chi connectivity index (χ2n) is 5.47. The lowest BCUT2D eigenvalue weighted by atomic mass is 10.0. The van der Waals surface area contributed by atoms with Gasteiger partial charge in [0, 0.05) is 12.1 Å². The van der Waals surface area contributed by atoms with Crippen molar-refractivity contribution < 1.29 is 4.92 Å². The van der Waals surface area contributed by atoms with Crippen molar-refractivity contribution in [2.45, 2.75) is 18.9 Å². The lowest BCUT2D eigenvalue weighted by molar-refractivity contribution is -0.384. The summed E-state index contributed by atoms with van der Waals surface area (Å²) in [5.74, 6) is 0.545. The third-order valence-electron chi connectivity index (χ3n) is 3.90. The van der Waals surface area contributed by atoms with Crippen LogP contribution in [-0.4, -0.2) is 4.92 Å². The first kappa shape index (κ1) is 14.1. The molecule has 2 aromatic carbocycles. The summed E-state index contributed by atoms with van der Waals surface area (Å²) in [5, 5.41) is 23.5. The molecule has 5 nitrogen and oxygen atoms in total. The van der Waals surface area contributed by atoms with E-state index in [1.54, 1.807) is 6.07 Å². The Hall–Kier alpha value is -2.87. The average molecular weight is 293 g/mol. The summed E-state index contributed by atoms with van der Waals surface area (Å²) < 4.78 is 0. The number of non-ortho nitro benzene ring substituents is 1. The molecule has 110 valence electrons. The van der Waals surface area contributed by atoms with Gasteiger partial charge in [-0.25, -0.2) is 0 Å². The summed E-state index contributed by atoms with van der Waals surface area (Å²) in [5.41, 5.74) is 2.06. The van der Waals surface area contributed by atoms with Crippen LogP contribution in [0.1, 0.15) is 30.0 Å². The van der Waals surface area contributed by atoms with E-state index in [0.29, 0.717) is 17.2 Å². The lowest BCUT2D eigenvalue weighted by Gasteiger charge is -2.20. The molecule has 22 heavy (non-hydrogen) atoms. The van der Waals surface area contributed by atoms with Crippen LogP contribution in [0.2, 0.25) is 0 Å². The van der Waals surface area contributed by atoms with E-state index in [1.807, 2.05) is 24.3 Å². The maximum atomic E-state index is 10.8. The van der Waals surface area contributed by atoms with Gasteiger partial charge in [-0.2, -0.15) is 5.26 Å². The average Bonchev–Trinajstić information content (AvgIpc) is 3.38.